The average Bonchev–Trinajstić information content (AvgIpc) is 2.65. The zero-order valence-corrected chi connectivity index (χ0v) is 23.0. The maximum Gasteiger partial charge on any atom is 0.338 e. The molecule has 0 aromatic heterocycles. The predicted molar refractivity (Wildman–Crippen MR) is 141 cm³/mol. The molecule has 0 aliphatic carbocycles. The van der Waals surface area contributed by atoms with Crippen molar-refractivity contribution in [3.05, 3.63) is 40.5 Å². The van der Waals surface area contributed by atoms with Crippen molar-refractivity contribution >= 4 is 20.1 Å². The van der Waals surface area contributed by atoms with Crippen LogP contribution in [0.15, 0.2) is 18.2 Å². The minimum absolute atomic E-state index is 0.149. The lowest BCUT2D eigenvalue weighted by Gasteiger charge is -2.25. The monoisotopic (exact) mass is 472 g/mol. The van der Waals surface area contributed by atoms with Crippen LogP contribution in [0.5, 0.6) is 0 Å². The number of ether oxygens (including phenoxy) is 2. The molecule has 0 fully saturated rings. The molecule has 1 rings (SSSR count). The third kappa shape index (κ3) is 12.8. The van der Waals surface area contributed by atoms with Crippen LogP contribution in [-0.4, -0.2) is 37.6 Å². The molecule has 0 saturated carbocycles. The summed E-state index contributed by atoms with van der Waals surface area (Å²) in [6.07, 6.45) is 7.91. The highest BCUT2D eigenvalue weighted by Gasteiger charge is 2.20. The first kappa shape index (κ1) is 29.2. The Morgan fingerprint density at radius 1 is 1.21 bits per heavy atom. The van der Waals surface area contributed by atoms with Gasteiger partial charge in [0, 0.05) is 20.9 Å². The van der Waals surface area contributed by atoms with Crippen LogP contribution >= 0.6 is 0 Å². The molecule has 0 bridgehead atoms. The molecule has 0 spiro atoms. The molecule has 1 aromatic rings. The number of esters is 1. The highest BCUT2D eigenvalue weighted by Crippen LogP contribution is 2.22. The third-order valence-electron chi connectivity index (χ3n) is 5.04. The molecule has 184 valence electrons. The van der Waals surface area contributed by atoms with Gasteiger partial charge in [0.2, 0.25) is 0 Å². The van der Waals surface area contributed by atoms with Crippen LogP contribution in [0.25, 0.3) is 6.08 Å². The number of aryl methyl sites for hydroxylation is 2. The third-order valence-corrected chi connectivity index (χ3v) is 6.74. The van der Waals surface area contributed by atoms with Gasteiger partial charge in [0.15, 0.2) is 5.79 Å². The first-order valence-corrected chi connectivity index (χ1v) is 15.8. The highest BCUT2D eigenvalue weighted by molar-refractivity contribution is 6.76. The van der Waals surface area contributed by atoms with Crippen molar-refractivity contribution in [2.75, 3.05) is 6.61 Å². The van der Waals surface area contributed by atoms with E-state index in [1.165, 1.54) is 0 Å². The average molecular weight is 473 g/mol. The standard InChI is InChI=1S/C28H44O4Si/c1-9-10-11-12-16-25(32-28(4,5)30)17-14-13-15-24-21-22(2)20-23(3)26(24)27(29)31-18-19-33(6,7)8/h13,15,20-21,25,30H,9-10,14,16-19H2,1-8H3/b15-13+/t25-/m1/s1. The van der Waals surface area contributed by atoms with Gasteiger partial charge in [-0.3, -0.25) is 0 Å². The van der Waals surface area contributed by atoms with Gasteiger partial charge in [0.05, 0.1) is 18.3 Å². The lowest BCUT2D eigenvalue weighted by Crippen LogP contribution is -2.30. The molecular formula is C28H44O4Si. The Morgan fingerprint density at radius 2 is 1.91 bits per heavy atom. The molecule has 1 N–H and O–H groups in total. The van der Waals surface area contributed by atoms with Gasteiger partial charge in [0.25, 0.3) is 0 Å². The minimum atomic E-state index is -1.26. The van der Waals surface area contributed by atoms with Crippen LogP contribution in [0.3, 0.4) is 0 Å². The summed E-state index contributed by atoms with van der Waals surface area (Å²) >= 11 is 0. The molecule has 0 heterocycles. The van der Waals surface area contributed by atoms with Crippen molar-refractivity contribution in [1.82, 2.24) is 0 Å². The number of hydrogen-bond acceptors (Lipinski definition) is 4. The molecule has 0 saturated heterocycles. The molecule has 1 aromatic carbocycles. The normalized spacial score (nSPS) is 13.0. The maximum atomic E-state index is 12.8. The van der Waals surface area contributed by atoms with E-state index in [1.807, 2.05) is 32.1 Å². The van der Waals surface area contributed by atoms with Crippen molar-refractivity contribution in [3.8, 4) is 11.8 Å². The van der Waals surface area contributed by atoms with Gasteiger partial charge >= 0.3 is 5.97 Å². The van der Waals surface area contributed by atoms with E-state index in [9.17, 15) is 9.90 Å². The Morgan fingerprint density at radius 3 is 2.52 bits per heavy atom. The Labute approximate surface area is 202 Å². The Bertz CT molecular complexity index is 848. The molecule has 0 radical (unpaired) electrons. The smallest absolute Gasteiger partial charge is 0.338 e. The van der Waals surface area contributed by atoms with Gasteiger partial charge in [-0.15, -0.1) is 11.8 Å². The van der Waals surface area contributed by atoms with E-state index in [-0.39, 0.29) is 12.1 Å². The van der Waals surface area contributed by atoms with E-state index in [4.69, 9.17) is 9.47 Å². The van der Waals surface area contributed by atoms with Gasteiger partial charge < -0.3 is 14.6 Å². The highest BCUT2D eigenvalue weighted by atomic mass is 28.3. The lowest BCUT2D eigenvalue weighted by molar-refractivity contribution is -0.205. The lowest BCUT2D eigenvalue weighted by atomic mass is 9.98. The summed E-state index contributed by atoms with van der Waals surface area (Å²) in [5, 5.41) is 10.1. The Hall–Kier alpha value is -1.87. The quantitative estimate of drug-likeness (QED) is 0.156. The second kappa shape index (κ2) is 13.7. The van der Waals surface area contributed by atoms with Crippen LogP contribution in [0.1, 0.15) is 79.9 Å². The number of benzene rings is 1. The zero-order chi connectivity index (χ0) is 25.1. The molecule has 1 atom stereocenters. The fourth-order valence-corrected chi connectivity index (χ4v) is 4.15. The van der Waals surface area contributed by atoms with Gasteiger partial charge in [-0.05, 0) is 64.1 Å². The minimum Gasteiger partial charge on any atom is -0.462 e. The van der Waals surface area contributed by atoms with Crippen LogP contribution in [-0.2, 0) is 9.47 Å². The summed E-state index contributed by atoms with van der Waals surface area (Å²) in [6, 6.07) is 5.01. The SMILES string of the molecule is CCCC#CC[C@H](CC/C=C/c1cc(C)cc(C)c1C(=O)OCC[Si](C)(C)C)OC(C)(C)O. The zero-order valence-electron chi connectivity index (χ0n) is 22.0. The molecule has 0 amide bonds. The Kier molecular flexibility index (Phi) is 12.1. The summed E-state index contributed by atoms with van der Waals surface area (Å²) in [5.74, 6) is 4.87. The molecule has 0 aliphatic heterocycles. The van der Waals surface area contributed by atoms with Crippen LogP contribution in [0, 0.1) is 25.7 Å². The van der Waals surface area contributed by atoms with Gasteiger partial charge in [-0.2, -0.15) is 0 Å². The molecule has 33 heavy (non-hydrogen) atoms. The molecule has 0 unspecified atom stereocenters. The fourth-order valence-electron chi connectivity index (χ4n) is 3.44. The number of hydrogen-bond donors (Lipinski definition) is 1. The van der Waals surface area contributed by atoms with Crippen LogP contribution < -0.4 is 0 Å². The van der Waals surface area contributed by atoms with Crippen molar-refractivity contribution in [2.24, 2.45) is 0 Å². The second-order valence-corrected chi connectivity index (χ2v) is 16.1. The summed E-state index contributed by atoms with van der Waals surface area (Å²) < 4.78 is 11.4. The van der Waals surface area contributed by atoms with Crippen LogP contribution in [0.2, 0.25) is 25.7 Å². The largest absolute Gasteiger partial charge is 0.462 e. The predicted octanol–water partition coefficient (Wildman–Crippen LogP) is 6.90. The van der Waals surface area contributed by atoms with E-state index in [2.05, 4.69) is 44.5 Å². The molecule has 5 heteroatoms. The summed E-state index contributed by atoms with van der Waals surface area (Å²) in [6.45, 7) is 16.7. The first-order valence-electron chi connectivity index (χ1n) is 12.1. The van der Waals surface area contributed by atoms with Gasteiger partial charge in [-0.1, -0.05) is 56.4 Å². The number of carbonyl (C=O) groups excluding carboxylic acids is 1. The van der Waals surface area contributed by atoms with Crippen molar-refractivity contribution in [1.29, 1.82) is 0 Å². The van der Waals surface area contributed by atoms with E-state index in [0.717, 1.165) is 48.4 Å². The van der Waals surface area contributed by atoms with E-state index >= 15 is 0 Å². The second-order valence-electron chi connectivity index (χ2n) is 10.5. The van der Waals surface area contributed by atoms with E-state index < -0.39 is 13.9 Å². The number of allylic oxidation sites excluding steroid dienone is 1. The number of carbonyl (C=O) groups is 1. The van der Waals surface area contributed by atoms with Crippen molar-refractivity contribution in [3.63, 3.8) is 0 Å². The summed E-state index contributed by atoms with van der Waals surface area (Å²) in [7, 11) is -1.26. The summed E-state index contributed by atoms with van der Waals surface area (Å²) in [5.41, 5.74) is 3.57. The number of rotatable bonds is 12. The van der Waals surface area contributed by atoms with Crippen molar-refractivity contribution < 1.29 is 19.4 Å². The molecule has 0 aliphatic rings. The van der Waals surface area contributed by atoms with Crippen molar-refractivity contribution in [2.45, 2.75) is 104 Å². The topological polar surface area (TPSA) is 55.8 Å². The molecule has 4 nitrogen and oxygen atoms in total. The van der Waals surface area contributed by atoms with Crippen LogP contribution in [0.4, 0.5) is 0 Å². The first-order chi connectivity index (χ1) is 15.3. The number of unbranched alkanes of at least 4 members (excludes halogenated alkanes) is 1. The van der Waals surface area contributed by atoms with Gasteiger partial charge in [-0.25, -0.2) is 4.79 Å². The van der Waals surface area contributed by atoms with E-state index in [0.29, 0.717) is 18.6 Å². The fraction of sp³-hybridized carbons (Fsp3) is 0.607. The Balaban J connectivity index is 2.88. The summed E-state index contributed by atoms with van der Waals surface area (Å²) in [4.78, 5) is 12.8. The number of aliphatic hydroxyl groups is 1. The van der Waals surface area contributed by atoms with Gasteiger partial charge in [0.1, 0.15) is 0 Å². The maximum absolute atomic E-state index is 12.8. The van der Waals surface area contributed by atoms with E-state index in [1.54, 1.807) is 13.8 Å². The molecular weight excluding hydrogens is 428 g/mol.